The summed E-state index contributed by atoms with van der Waals surface area (Å²) < 4.78 is 13.1. The van der Waals surface area contributed by atoms with Crippen LogP contribution in [-0.4, -0.2) is 41.3 Å². The van der Waals surface area contributed by atoms with Gasteiger partial charge in [-0.3, -0.25) is 0 Å². The zero-order chi connectivity index (χ0) is 20.9. The molecule has 6 nitrogen and oxygen atoms in total. The van der Waals surface area contributed by atoms with Gasteiger partial charge in [-0.15, -0.1) is 0 Å². The summed E-state index contributed by atoms with van der Waals surface area (Å²) in [7, 11) is 0. The van der Waals surface area contributed by atoms with Gasteiger partial charge in [0.05, 0.1) is 0 Å². The SMILES string of the molecule is CC1CCCN(c2cc(N3CCCC3)nc(NC(=S)NCc3ccc(F)cc3)n2)C1. The standard InChI is InChI=1S/C22H29FN6S/c1-16-5-4-12-29(15-16)20-13-19(28-10-2-3-11-28)25-21(26-20)27-22(30)24-14-17-6-8-18(23)9-7-17/h6-9,13,16H,2-5,10-12,14-15H2,1H3,(H2,24,25,26,27,30). The zero-order valence-corrected chi connectivity index (χ0v) is 18.2. The first-order valence-electron chi connectivity index (χ1n) is 10.7. The Bertz CT molecular complexity index is 868. The van der Waals surface area contributed by atoms with Gasteiger partial charge in [-0.05, 0) is 61.5 Å². The fraction of sp³-hybridized carbons (Fsp3) is 0.500. The van der Waals surface area contributed by atoms with E-state index in [1.807, 2.05) is 0 Å². The van der Waals surface area contributed by atoms with Crippen LogP contribution in [0.1, 0.15) is 38.2 Å². The minimum Gasteiger partial charge on any atom is -0.358 e. The number of piperidine rings is 1. The lowest BCUT2D eigenvalue weighted by molar-refractivity contribution is 0.444. The average molecular weight is 429 g/mol. The number of halogens is 1. The van der Waals surface area contributed by atoms with E-state index in [4.69, 9.17) is 22.2 Å². The molecule has 160 valence electrons. The topological polar surface area (TPSA) is 56.3 Å². The summed E-state index contributed by atoms with van der Waals surface area (Å²) in [5.74, 6) is 2.86. The smallest absolute Gasteiger partial charge is 0.232 e. The first-order valence-corrected chi connectivity index (χ1v) is 11.2. The Morgan fingerprint density at radius 3 is 2.43 bits per heavy atom. The summed E-state index contributed by atoms with van der Waals surface area (Å²) in [5, 5.41) is 6.76. The van der Waals surface area contributed by atoms with Gasteiger partial charge in [0.1, 0.15) is 17.5 Å². The molecule has 8 heteroatoms. The van der Waals surface area contributed by atoms with E-state index >= 15 is 0 Å². The highest BCUT2D eigenvalue weighted by Gasteiger charge is 2.22. The van der Waals surface area contributed by atoms with Gasteiger partial charge in [0.25, 0.3) is 0 Å². The van der Waals surface area contributed by atoms with Crippen LogP contribution in [0.25, 0.3) is 0 Å². The third-order valence-corrected chi connectivity index (χ3v) is 5.95. The van der Waals surface area contributed by atoms with E-state index in [0.717, 1.165) is 43.4 Å². The number of hydrogen-bond donors (Lipinski definition) is 2. The van der Waals surface area contributed by atoms with Crippen molar-refractivity contribution in [3.8, 4) is 0 Å². The Hall–Kier alpha value is -2.48. The van der Waals surface area contributed by atoms with Crippen molar-refractivity contribution >= 4 is 34.9 Å². The normalized spacial score (nSPS) is 19.1. The molecule has 0 spiro atoms. The number of rotatable bonds is 5. The van der Waals surface area contributed by atoms with Gasteiger partial charge < -0.3 is 20.4 Å². The third kappa shape index (κ3) is 5.36. The Morgan fingerprint density at radius 2 is 1.73 bits per heavy atom. The van der Waals surface area contributed by atoms with Crippen LogP contribution >= 0.6 is 12.2 Å². The number of thiocarbonyl (C=S) groups is 1. The van der Waals surface area contributed by atoms with Crippen LogP contribution in [-0.2, 0) is 6.54 Å². The first-order chi connectivity index (χ1) is 14.6. The van der Waals surface area contributed by atoms with Gasteiger partial charge in [0, 0.05) is 38.8 Å². The molecule has 1 atom stereocenters. The van der Waals surface area contributed by atoms with Crippen molar-refractivity contribution in [3.63, 3.8) is 0 Å². The lowest BCUT2D eigenvalue weighted by Crippen LogP contribution is -2.35. The van der Waals surface area contributed by atoms with Crippen molar-refractivity contribution < 1.29 is 4.39 Å². The van der Waals surface area contributed by atoms with E-state index in [1.165, 1.54) is 37.8 Å². The maximum absolute atomic E-state index is 13.1. The Labute approximate surface area is 182 Å². The molecule has 2 N–H and O–H groups in total. The van der Waals surface area contributed by atoms with Crippen LogP contribution in [0.3, 0.4) is 0 Å². The Morgan fingerprint density at radius 1 is 1.07 bits per heavy atom. The molecule has 2 aliphatic rings. The van der Waals surface area contributed by atoms with Gasteiger partial charge in [-0.25, -0.2) is 4.39 Å². The second-order valence-electron chi connectivity index (χ2n) is 8.23. The van der Waals surface area contributed by atoms with E-state index in [9.17, 15) is 4.39 Å². The molecular formula is C22H29FN6S. The molecule has 2 fully saturated rings. The summed E-state index contributed by atoms with van der Waals surface area (Å²) >= 11 is 5.45. The fourth-order valence-corrected chi connectivity index (χ4v) is 4.24. The van der Waals surface area contributed by atoms with E-state index in [2.05, 4.69) is 33.4 Å². The maximum Gasteiger partial charge on any atom is 0.232 e. The quantitative estimate of drug-likeness (QED) is 0.700. The highest BCUT2D eigenvalue weighted by atomic mass is 32.1. The maximum atomic E-state index is 13.1. The number of aromatic nitrogens is 2. The molecule has 0 amide bonds. The molecule has 30 heavy (non-hydrogen) atoms. The van der Waals surface area contributed by atoms with E-state index in [1.54, 1.807) is 12.1 Å². The van der Waals surface area contributed by atoms with Crippen LogP contribution in [0.4, 0.5) is 22.0 Å². The largest absolute Gasteiger partial charge is 0.358 e. The second kappa shape index (κ2) is 9.55. The minimum absolute atomic E-state index is 0.244. The molecule has 0 bridgehead atoms. The monoisotopic (exact) mass is 428 g/mol. The van der Waals surface area contributed by atoms with Gasteiger partial charge in [-0.2, -0.15) is 9.97 Å². The summed E-state index contributed by atoms with van der Waals surface area (Å²) in [6.07, 6.45) is 4.84. The van der Waals surface area contributed by atoms with Crippen LogP contribution in [0, 0.1) is 11.7 Å². The zero-order valence-electron chi connectivity index (χ0n) is 17.4. The van der Waals surface area contributed by atoms with Gasteiger partial charge >= 0.3 is 0 Å². The molecule has 0 radical (unpaired) electrons. The predicted molar refractivity (Wildman–Crippen MR) is 124 cm³/mol. The third-order valence-electron chi connectivity index (χ3n) is 5.70. The van der Waals surface area contributed by atoms with Gasteiger partial charge in [-0.1, -0.05) is 19.1 Å². The molecule has 0 aliphatic carbocycles. The fourth-order valence-electron chi connectivity index (χ4n) is 4.08. The Balaban J connectivity index is 1.47. The van der Waals surface area contributed by atoms with Crippen molar-refractivity contribution in [2.24, 2.45) is 5.92 Å². The molecule has 1 unspecified atom stereocenters. The first kappa shape index (κ1) is 20.8. The number of hydrogen-bond acceptors (Lipinski definition) is 5. The summed E-state index contributed by atoms with van der Waals surface area (Å²) in [6.45, 7) is 6.90. The molecule has 3 heterocycles. The Kier molecular flexibility index (Phi) is 6.62. The number of nitrogens with zero attached hydrogens (tertiary/aromatic N) is 4. The van der Waals surface area contributed by atoms with Crippen LogP contribution in [0.5, 0.6) is 0 Å². The van der Waals surface area contributed by atoms with Crippen LogP contribution in [0.2, 0.25) is 0 Å². The van der Waals surface area contributed by atoms with Crippen molar-refractivity contribution in [2.45, 2.75) is 39.2 Å². The molecule has 2 aliphatic heterocycles. The summed E-state index contributed by atoms with van der Waals surface area (Å²) in [6, 6.07) is 8.49. The molecule has 4 rings (SSSR count). The molecule has 2 saturated heterocycles. The lowest BCUT2D eigenvalue weighted by Gasteiger charge is -2.32. The average Bonchev–Trinajstić information content (AvgIpc) is 3.28. The van der Waals surface area contributed by atoms with E-state index in [0.29, 0.717) is 23.5 Å². The highest BCUT2D eigenvalue weighted by Crippen LogP contribution is 2.27. The van der Waals surface area contributed by atoms with Gasteiger partial charge in [0.2, 0.25) is 5.95 Å². The highest BCUT2D eigenvalue weighted by molar-refractivity contribution is 7.80. The molecule has 2 aromatic rings. The summed E-state index contributed by atoms with van der Waals surface area (Å²) in [5.41, 5.74) is 0.954. The van der Waals surface area contributed by atoms with E-state index in [-0.39, 0.29) is 5.82 Å². The van der Waals surface area contributed by atoms with Crippen molar-refractivity contribution in [1.29, 1.82) is 0 Å². The van der Waals surface area contributed by atoms with Crippen molar-refractivity contribution in [3.05, 3.63) is 41.7 Å². The minimum atomic E-state index is -0.244. The summed E-state index contributed by atoms with van der Waals surface area (Å²) in [4.78, 5) is 14.2. The second-order valence-corrected chi connectivity index (χ2v) is 8.64. The molecule has 1 aromatic heterocycles. The van der Waals surface area contributed by atoms with Crippen LogP contribution < -0.4 is 20.4 Å². The number of nitrogens with one attached hydrogen (secondary N) is 2. The van der Waals surface area contributed by atoms with E-state index < -0.39 is 0 Å². The van der Waals surface area contributed by atoms with Gasteiger partial charge in [0.15, 0.2) is 5.11 Å². The van der Waals surface area contributed by atoms with Crippen molar-refractivity contribution in [2.75, 3.05) is 41.3 Å². The van der Waals surface area contributed by atoms with Crippen LogP contribution in [0.15, 0.2) is 30.3 Å². The molecular weight excluding hydrogens is 399 g/mol. The molecule has 1 aromatic carbocycles. The lowest BCUT2D eigenvalue weighted by atomic mass is 10.0. The molecule has 0 saturated carbocycles. The predicted octanol–water partition coefficient (Wildman–Crippen LogP) is 3.94. The van der Waals surface area contributed by atoms with Crippen molar-refractivity contribution in [1.82, 2.24) is 15.3 Å². The number of benzene rings is 1. The number of anilines is 3.